The minimum Gasteiger partial charge on any atom is -0.352 e. The average molecular weight is 389 g/mol. The molecule has 4 rings (SSSR count). The first-order valence-electron chi connectivity index (χ1n) is 9.39. The van der Waals surface area contributed by atoms with E-state index in [2.05, 4.69) is 10.3 Å². The second-order valence-corrected chi connectivity index (χ2v) is 7.07. The Labute approximate surface area is 168 Å². The van der Waals surface area contributed by atoms with E-state index in [1.54, 1.807) is 18.3 Å². The number of rotatable bonds is 5. The highest BCUT2D eigenvalue weighted by atomic mass is 19.1. The van der Waals surface area contributed by atoms with Crippen LogP contribution in [0.4, 0.5) is 10.1 Å². The molecule has 1 aromatic heterocycles. The molecular weight excluding hydrogens is 369 g/mol. The third kappa shape index (κ3) is 3.87. The van der Waals surface area contributed by atoms with Crippen LogP contribution < -0.4 is 10.2 Å². The molecule has 0 saturated heterocycles. The minimum absolute atomic E-state index is 0.0684. The molecule has 29 heavy (non-hydrogen) atoms. The summed E-state index contributed by atoms with van der Waals surface area (Å²) >= 11 is 0. The van der Waals surface area contributed by atoms with E-state index in [0.717, 1.165) is 11.1 Å². The van der Waals surface area contributed by atoms with Crippen LogP contribution in [0.5, 0.6) is 0 Å². The number of aromatic nitrogens is 1. The second-order valence-electron chi connectivity index (χ2n) is 7.07. The summed E-state index contributed by atoms with van der Waals surface area (Å²) in [5.41, 5.74) is 3.69. The molecule has 0 radical (unpaired) electrons. The first-order chi connectivity index (χ1) is 14.0. The number of nitrogens with zero attached hydrogens (tertiary/aromatic N) is 2. The molecule has 5 nitrogen and oxygen atoms in total. The minimum atomic E-state index is -0.540. The van der Waals surface area contributed by atoms with Gasteiger partial charge in [-0.3, -0.25) is 19.5 Å². The van der Waals surface area contributed by atoms with Gasteiger partial charge in [-0.2, -0.15) is 0 Å². The zero-order chi connectivity index (χ0) is 20.4. The maximum atomic E-state index is 13.4. The SMILES string of the molecule is Cc1cccc(CNC(=O)C[C@H]2c3ncccc3C(=O)N2c2ccc(F)cc2)c1. The molecule has 0 saturated carbocycles. The van der Waals surface area contributed by atoms with Gasteiger partial charge in [0.2, 0.25) is 5.91 Å². The van der Waals surface area contributed by atoms with Gasteiger partial charge in [0.15, 0.2) is 0 Å². The first-order valence-corrected chi connectivity index (χ1v) is 9.39. The Morgan fingerprint density at radius 2 is 1.93 bits per heavy atom. The number of pyridine rings is 1. The maximum absolute atomic E-state index is 13.4. The predicted molar refractivity (Wildman–Crippen MR) is 108 cm³/mol. The van der Waals surface area contributed by atoms with Crippen LogP contribution in [0.2, 0.25) is 0 Å². The van der Waals surface area contributed by atoms with E-state index in [-0.39, 0.29) is 24.1 Å². The van der Waals surface area contributed by atoms with Gasteiger partial charge in [0.25, 0.3) is 5.91 Å². The Morgan fingerprint density at radius 1 is 1.14 bits per heavy atom. The lowest BCUT2D eigenvalue weighted by atomic mass is 10.1. The van der Waals surface area contributed by atoms with E-state index in [4.69, 9.17) is 0 Å². The van der Waals surface area contributed by atoms with Crippen LogP contribution >= 0.6 is 0 Å². The molecule has 0 bridgehead atoms. The fourth-order valence-corrected chi connectivity index (χ4v) is 3.61. The van der Waals surface area contributed by atoms with Gasteiger partial charge in [-0.25, -0.2) is 4.39 Å². The Hall–Kier alpha value is -3.54. The topological polar surface area (TPSA) is 62.3 Å². The first kappa shape index (κ1) is 18.8. The van der Waals surface area contributed by atoms with E-state index >= 15 is 0 Å². The number of nitrogens with one attached hydrogen (secondary N) is 1. The fourth-order valence-electron chi connectivity index (χ4n) is 3.61. The van der Waals surface area contributed by atoms with Crippen molar-refractivity contribution in [3.8, 4) is 0 Å². The van der Waals surface area contributed by atoms with E-state index in [1.165, 1.54) is 29.2 Å². The number of fused-ring (bicyclic) bond motifs is 1. The Bertz CT molecular complexity index is 1070. The van der Waals surface area contributed by atoms with Crippen molar-refractivity contribution >= 4 is 17.5 Å². The summed E-state index contributed by atoms with van der Waals surface area (Å²) in [6.07, 6.45) is 1.68. The standard InChI is InChI=1S/C23H20FN3O2/c1-15-4-2-5-16(12-15)14-26-21(28)13-20-22-19(6-3-11-25-22)23(29)27(20)18-9-7-17(24)8-10-18/h2-12,20H,13-14H2,1H3,(H,26,28)/t20-/m0/s1. The normalized spacial score (nSPS) is 15.3. The molecule has 2 heterocycles. The Morgan fingerprint density at radius 3 is 2.69 bits per heavy atom. The molecule has 0 unspecified atom stereocenters. The Balaban J connectivity index is 1.56. The highest BCUT2D eigenvalue weighted by Gasteiger charge is 2.39. The molecule has 2 aromatic carbocycles. The number of aryl methyl sites for hydroxylation is 1. The summed E-state index contributed by atoms with van der Waals surface area (Å²) in [5, 5.41) is 2.92. The average Bonchev–Trinajstić information content (AvgIpc) is 2.99. The number of halogens is 1. The highest BCUT2D eigenvalue weighted by molar-refractivity contribution is 6.11. The molecule has 3 aromatic rings. The number of carbonyl (C=O) groups excluding carboxylic acids is 2. The van der Waals surface area contributed by atoms with Crippen LogP contribution in [0.3, 0.4) is 0 Å². The van der Waals surface area contributed by atoms with Gasteiger partial charge in [0, 0.05) is 18.4 Å². The number of anilines is 1. The molecular formula is C23H20FN3O2. The van der Waals surface area contributed by atoms with Crippen LogP contribution in [0.1, 0.15) is 39.6 Å². The van der Waals surface area contributed by atoms with Crippen LogP contribution in [-0.4, -0.2) is 16.8 Å². The molecule has 0 aliphatic carbocycles. The number of carbonyl (C=O) groups is 2. The molecule has 1 N–H and O–H groups in total. The predicted octanol–water partition coefficient (Wildman–Crippen LogP) is 3.94. The molecule has 0 spiro atoms. The van der Waals surface area contributed by atoms with Gasteiger partial charge in [0.1, 0.15) is 5.82 Å². The summed E-state index contributed by atoms with van der Waals surface area (Å²) < 4.78 is 13.4. The molecule has 146 valence electrons. The monoisotopic (exact) mass is 389 g/mol. The third-order valence-electron chi connectivity index (χ3n) is 4.97. The number of hydrogen-bond acceptors (Lipinski definition) is 3. The molecule has 2 amide bonds. The summed E-state index contributed by atoms with van der Waals surface area (Å²) in [6.45, 7) is 2.41. The lowest BCUT2D eigenvalue weighted by molar-refractivity contribution is -0.121. The van der Waals surface area contributed by atoms with Gasteiger partial charge in [-0.1, -0.05) is 29.8 Å². The zero-order valence-corrected chi connectivity index (χ0v) is 15.9. The van der Waals surface area contributed by atoms with Crippen LogP contribution in [0, 0.1) is 12.7 Å². The molecule has 6 heteroatoms. The van der Waals surface area contributed by atoms with Gasteiger partial charge in [-0.05, 0) is 48.9 Å². The number of hydrogen-bond donors (Lipinski definition) is 1. The zero-order valence-electron chi connectivity index (χ0n) is 15.9. The second kappa shape index (κ2) is 7.83. The van der Waals surface area contributed by atoms with Crippen LogP contribution in [0.25, 0.3) is 0 Å². The quantitative estimate of drug-likeness (QED) is 0.719. The summed E-state index contributed by atoms with van der Waals surface area (Å²) in [7, 11) is 0. The van der Waals surface area contributed by atoms with Crippen molar-refractivity contribution in [2.45, 2.75) is 25.9 Å². The smallest absolute Gasteiger partial charge is 0.260 e. The molecule has 1 aliphatic heterocycles. The van der Waals surface area contributed by atoms with Crippen molar-refractivity contribution in [3.05, 3.63) is 95.1 Å². The number of amides is 2. The molecule has 0 fully saturated rings. The molecule has 1 aliphatic rings. The third-order valence-corrected chi connectivity index (χ3v) is 4.97. The lowest BCUT2D eigenvalue weighted by Crippen LogP contribution is -2.33. The van der Waals surface area contributed by atoms with Crippen molar-refractivity contribution in [2.75, 3.05) is 4.90 Å². The van der Waals surface area contributed by atoms with Crippen molar-refractivity contribution < 1.29 is 14.0 Å². The van der Waals surface area contributed by atoms with E-state index < -0.39 is 6.04 Å². The van der Waals surface area contributed by atoms with Gasteiger partial charge in [-0.15, -0.1) is 0 Å². The largest absolute Gasteiger partial charge is 0.352 e. The van der Waals surface area contributed by atoms with E-state index in [9.17, 15) is 14.0 Å². The van der Waals surface area contributed by atoms with Gasteiger partial charge in [0.05, 0.1) is 23.7 Å². The van der Waals surface area contributed by atoms with Crippen molar-refractivity contribution in [1.82, 2.24) is 10.3 Å². The van der Waals surface area contributed by atoms with E-state index in [1.807, 2.05) is 31.2 Å². The maximum Gasteiger partial charge on any atom is 0.260 e. The summed E-state index contributed by atoms with van der Waals surface area (Å²) in [6, 6.07) is 16.4. The summed E-state index contributed by atoms with van der Waals surface area (Å²) in [4.78, 5) is 31.5. The van der Waals surface area contributed by atoms with Gasteiger partial charge < -0.3 is 5.32 Å². The van der Waals surface area contributed by atoms with Gasteiger partial charge >= 0.3 is 0 Å². The lowest BCUT2D eigenvalue weighted by Gasteiger charge is -2.24. The van der Waals surface area contributed by atoms with Crippen molar-refractivity contribution in [3.63, 3.8) is 0 Å². The van der Waals surface area contributed by atoms with Crippen LogP contribution in [-0.2, 0) is 11.3 Å². The summed E-state index contributed by atoms with van der Waals surface area (Å²) in [5.74, 6) is -0.811. The highest BCUT2D eigenvalue weighted by Crippen LogP contribution is 2.38. The number of benzene rings is 2. The fraction of sp³-hybridized carbons (Fsp3) is 0.174. The Kier molecular flexibility index (Phi) is 5.08. The van der Waals surface area contributed by atoms with E-state index in [0.29, 0.717) is 23.5 Å². The van der Waals surface area contributed by atoms with Crippen LogP contribution in [0.15, 0.2) is 66.9 Å². The molecule has 1 atom stereocenters. The van der Waals surface area contributed by atoms with Crippen molar-refractivity contribution in [1.29, 1.82) is 0 Å². The van der Waals surface area contributed by atoms with Crippen molar-refractivity contribution in [2.24, 2.45) is 0 Å².